The first-order chi connectivity index (χ1) is 13.2. The Balaban J connectivity index is 1.75. The molecule has 0 radical (unpaired) electrons. The maximum absolute atomic E-state index is 12.9. The van der Waals surface area contributed by atoms with Crippen molar-refractivity contribution in [3.8, 4) is 11.5 Å². The van der Waals surface area contributed by atoms with Gasteiger partial charge in [-0.1, -0.05) is 6.07 Å². The van der Waals surface area contributed by atoms with Crippen LogP contribution in [0.25, 0.3) is 6.08 Å². The smallest absolute Gasteiger partial charge is 0.246 e. The molecule has 0 bridgehead atoms. The van der Waals surface area contributed by atoms with E-state index in [4.69, 9.17) is 14.2 Å². The van der Waals surface area contributed by atoms with E-state index < -0.39 is 0 Å². The van der Waals surface area contributed by atoms with Crippen LogP contribution in [0.2, 0.25) is 0 Å². The highest BCUT2D eigenvalue weighted by Crippen LogP contribution is 2.25. The predicted molar refractivity (Wildman–Crippen MR) is 107 cm³/mol. The molecule has 1 saturated heterocycles. The lowest BCUT2D eigenvalue weighted by Gasteiger charge is -2.24. The molecule has 1 amide bonds. The maximum atomic E-state index is 12.9. The van der Waals surface area contributed by atoms with Crippen LogP contribution in [0, 0.1) is 0 Å². The first kappa shape index (κ1) is 19.5. The highest BCUT2D eigenvalue weighted by Gasteiger charge is 2.22. The van der Waals surface area contributed by atoms with E-state index in [1.54, 1.807) is 37.7 Å². The minimum atomic E-state index is -0.0382. The van der Waals surface area contributed by atoms with Gasteiger partial charge in [0.25, 0.3) is 0 Å². The van der Waals surface area contributed by atoms with Crippen molar-refractivity contribution in [1.29, 1.82) is 0 Å². The van der Waals surface area contributed by atoms with E-state index in [0.29, 0.717) is 18.8 Å². The van der Waals surface area contributed by atoms with E-state index in [1.165, 1.54) is 0 Å². The van der Waals surface area contributed by atoms with Crippen LogP contribution in [-0.4, -0.2) is 44.3 Å². The number of ether oxygens (including phenoxy) is 3. The lowest BCUT2D eigenvalue weighted by molar-refractivity contribution is -0.128. The van der Waals surface area contributed by atoms with Gasteiger partial charge in [-0.15, -0.1) is 11.3 Å². The second-order valence-electron chi connectivity index (χ2n) is 6.37. The third-order valence-electron chi connectivity index (χ3n) is 4.53. The molecule has 1 fully saturated rings. The summed E-state index contributed by atoms with van der Waals surface area (Å²) in [6.45, 7) is 1.98. The van der Waals surface area contributed by atoms with Gasteiger partial charge in [-0.25, -0.2) is 0 Å². The van der Waals surface area contributed by atoms with Crippen molar-refractivity contribution in [2.45, 2.75) is 25.5 Å². The molecule has 1 aromatic carbocycles. The molecule has 2 aromatic rings. The van der Waals surface area contributed by atoms with Crippen molar-refractivity contribution in [1.82, 2.24) is 4.90 Å². The minimum Gasteiger partial charge on any atom is -0.497 e. The summed E-state index contributed by atoms with van der Waals surface area (Å²) in [7, 11) is 3.23. The Morgan fingerprint density at radius 2 is 2.22 bits per heavy atom. The van der Waals surface area contributed by atoms with Crippen LogP contribution in [0.1, 0.15) is 23.3 Å². The zero-order valence-electron chi connectivity index (χ0n) is 15.7. The number of hydrogen-bond acceptors (Lipinski definition) is 5. The molecular formula is C21H25NO4S. The van der Waals surface area contributed by atoms with E-state index in [1.807, 2.05) is 34.5 Å². The highest BCUT2D eigenvalue weighted by atomic mass is 32.1. The Morgan fingerprint density at radius 1 is 1.33 bits per heavy atom. The SMILES string of the molecule is COc1ccc(OC)c(/C=C/C(=O)N(Cc2cccs2)C[C@@H]2CCCO2)c1. The number of carbonyl (C=O) groups excluding carboxylic acids is 1. The molecule has 0 N–H and O–H groups in total. The van der Waals surface area contributed by atoms with Gasteiger partial charge in [0.15, 0.2) is 0 Å². The van der Waals surface area contributed by atoms with Crippen molar-refractivity contribution >= 4 is 23.3 Å². The molecule has 6 heteroatoms. The first-order valence-electron chi connectivity index (χ1n) is 9.02. The highest BCUT2D eigenvalue weighted by molar-refractivity contribution is 7.09. The third kappa shape index (κ3) is 5.34. The molecular weight excluding hydrogens is 362 g/mol. The van der Waals surface area contributed by atoms with E-state index in [0.717, 1.165) is 35.6 Å². The Morgan fingerprint density at radius 3 is 2.89 bits per heavy atom. The quantitative estimate of drug-likeness (QED) is 0.643. The van der Waals surface area contributed by atoms with Gasteiger partial charge in [-0.3, -0.25) is 4.79 Å². The normalized spacial score (nSPS) is 16.6. The number of carbonyl (C=O) groups is 1. The van der Waals surface area contributed by atoms with Gasteiger partial charge in [-0.05, 0) is 48.6 Å². The lowest BCUT2D eigenvalue weighted by atomic mass is 10.1. The Kier molecular flexibility index (Phi) is 6.90. The molecule has 0 aliphatic carbocycles. The molecule has 0 spiro atoms. The summed E-state index contributed by atoms with van der Waals surface area (Å²) >= 11 is 1.66. The fourth-order valence-electron chi connectivity index (χ4n) is 3.09. The van der Waals surface area contributed by atoms with Crippen LogP contribution < -0.4 is 9.47 Å². The number of thiophene rings is 1. The van der Waals surface area contributed by atoms with Crippen LogP contribution in [0.3, 0.4) is 0 Å². The fourth-order valence-corrected chi connectivity index (χ4v) is 3.81. The lowest BCUT2D eigenvalue weighted by Crippen LogP contribution is -2.35. The van der Waals surface area contributed by atoms with E-state index in [9.17, 15) is 4.79 Å². The van der Waals surface area contributed by atoms with Gasteiger partial charge in [0.2, 0.25) is 5.91 Å². The van der Waals surface area contributed by atoms with Gasteiger partial charge in [0.05, 0.1) is 26.9 Å². The molecule has 3 rings (SSSR count). The largest absolute Gasteiger partial charge is 0.497 e. The van der Waals surface area contributed by atoms with Crippen molar-refractivity contribution in [2.24, 2.45) is 0 Å². The van der Waals surface area contributed by atoms with E-state index in [2.05, 4.69) is 6.07 Å². The number of hydrogen-bond donors (Lipinski definition) is 0. The van der Waals surface area contributed by atoms with Gasteiger partial charge in [-0.2, -0.15) is 0 Å². The third-order valence-corrected chi connectivity index (χ3v) is 5.39. The Labute approximate surface area is 164 Å². The Hall–Kier alpha value is -2.31. The summed E-state index contributed by atoms with van der Waals surface area (Å²) in [6, 6.07) is 9.57. The molecule has 0 unspecified atom stereocenters. The number of rotatable bonds is 8. The number of methoxy groups -OCH3 is 2. The summed E-state index contributed by atoms with van der Waals surface area (Å²) in [6.07, 6.45) is 5.55. The van der Waals surface area contributed by atoms with Crippen LogP contribution in [0.5, 0.6) is 11.5 Å². The zero-order chi connectivity index (χ0) is 19.1. The standard InChI is InChI=1S/C21H25NO4S/c1-24-17-8-9-20(25-2)16(13-17)7-10-21(23)22(14-18-5-3-11-26-18)15-19-6-4-12-27-19/h4,6-10,12-13,18H,3,5,11,14-15H2,1-2H3/b10-7+/t18-/m0/s1. The maximum Gasteiger partial charge on any atom is 0.246 e. The van der Waals surface area contributed by atoms with Crippen molar-refractivity contribution in [3.05, 3.63) is 52.2 Å². The van der Waals surface area contributed by atoms with Gasteiger partial charge >= 0.3 is 0 Å². The molecule has 5 nitrogen and oxygen atoms in total. The summed E-state index contributed by atoms with van der Waals surface area (Å²) in [5.74, 6) is 1.38. The summed E-state index contributed by atoms with van der Waals surface area (Å²) in [4.78, 5) is 15.9. The average molecular weight is 388 g/mol. The van der Waals surface area contributed by atoms with Gasteiger partial charge in [0, 0.05) is 29.7 Å². The average Bonchev–Trinajstić information content (AvgIpc) is 3.39. The van der Waals surface area contributed by atoms with Gasteiger partial charge < -0.3 is 19.1 Å². The molecule has 1 atom stereocenters. The molecule has 1 aliphatic rings. The van der Waals surface area contributed by atoms with Crippen molar-refractivity contribution in [2.75, 3.05) is 27.4 Å². The summed E-state index contributed by atoms with van der Waals surface area (Å²) in [5, 5.41) is 2.03. The minimum absolute atomic E-state index is 0.0382. The Bertz CT molecular complexity index is 766. The van der Waals surface area contributed by atoms with Gasteiger partial charge in [0.1, 0.15) is 11.5 Å². The number of benzene rings is 1. The molecule has 27 heavy (non-hydrogen) atoms. The molecule has 2 heterocycles. The number of amides is 1. The van der Waals surface area contributed by atoms with Crippen LogP contribution >= 0.6 is 11.3 Å². The predicted octanol–water partition coefficient (Wildman–Crippen LogP) is 3.99. The zero-order valence-corrected chi connectivity index (χ0v) is 16.5. The van der Waals surface area contributed by atoms with Crippen molar-refractivity contribution < 1.29 is 19.0 Å². The molecule has 144 valence electrons. The summed E-state index contributed by atoms with van der Waals surface area (Å²) < 4.78 is 16.4. The second kappa shape index (κ2) is 9.58. The molecule has 1 aromatic heterocycles. The number of nitrogens with zero attached hydrogens (tertiary/aromatic N) is 1. The second-order valence-corrected chi connectivity index (χ2v) is 7.41. The fraction of sp³-hybridized carbons (Fsp3) is 0.381. The van der Waals surface area contributed by atoms with E-state index in [-0.39, 0.29) is 12.0 Å². The van der Waals surface area contributed by atoms with Crippen LogP contribution in [-0.2, 0) is 16.1 Å². The van der Waals surface area contributed by atoms with E-state index >= 15 is 0 Å². The molecule has 0 saturated carbocycles. The summed E-state index contributed by atoms with van der Waals surface area (Å²) in [5.41, 5.74) is 0.804. The van der Waals surface area contributed by atoms with Crippen LogP contribution in [0.15, 0.2) is 41.8 Å². The molecule has 1 aliphatic heterocycles. The monoisotopic (exact) mass is 387 g/mol. The topological polar surface area (TPSA) is 48.0 Å². The van der Waals surface area contributed by atoms with Crippen LogP contribution in [0.4, 0.5) is 0 Å². The first-order valence-corrected chi connectivity index (χ1v) is 9.90. The van der Waals surface area contributed by atoms with Crippen molar-refractivity contribution in [3.63, 3.8) is 0 Å².